The molecule has 0 spiro atoms. The summed E-state index contributed by atoms with van der Waals surface area (Å²) in [5.74, 6) is -0.762. The van der Waals surface area contributed by atoms with Gasteiger partial charge in [-0.2, -0.15) is 47.5 Å². The molecule has 19 nitrogen and oxygen atoms in total. The van der Waals surface area contributed by atoms with Crippen molar-refractivity contribution in [1.29, 1.82) is 0 Å². The first-order valence-electron chi connectivity index (χ1n) is 20.7. The Morgan fingerprint density at radius 2 is 0.942 bits per heavy atom. The Kier molecular flexibility index (Phi) is 13.9. The van der Waals surface area contributed by atoms with Gasteiger partial charge >= 0.3 is 0 Å². The summed E-state index contributed by atoms with van der Waals surface area (Å²) < 4.78 is 74.0. The number of nitrogen functional groups attached to an aromatic ring is 1. The summed E-state index contributed by atoms with van der Waals surface area (Å²) in [6.07, 6.45) is 0. The zero-order chi connectivity index (χ0) is 49.9. The van der Waals surface area contributed by atoms with Crippen LogP contribution in [0.25, 0.3) is 10.8 Å². The highest BCUT2D eigenvalue weighted by molar-refractivity contribution is 7.86. The van der Waals surface area contributed by atoms with Gasteiger partial charge in [0.2, 0.25) is 0 Å². The number of benzene rings is 7. The van der Waals surface area contributed by atoms with Gasteiger partial charge in [-0.3, -0.25) is 13.9 Å². The number of carbonyl (C=O) groups is 1. The molecular formula is C48H44N10O9S2. The lowest BCUT2D eigenvalue weighted by Crippen LogP contribution is -2.11. The number of phenols is 1. The van der Waals surface area contributed by atoms with E-state index in [4.69, 9.17) is 10.5 Å². The molecule has 0 aromatic heterocycles. The van der Waals surface area contributed by atoms with Gasteiger partial charge in [0.25, 0.3) is 26.1 Å². The highest BCUT2D eigenvalue weighted by Crippen LogP contribution is 2.43. The average Bonchev–Trinajstić information content (AvgIpc) is 3.29. The summed E-state index contributed by atoms with van der Waals surface area (Å²) in [5.41, 5.74) is 13.6. The summed E-state index contributed by atoms with van der Waals surface area (Å²) in [7, 11) is -8.14. The fraction of sp³-hybridized carbons (Fsp3) is 0.146. The molecular weight excluding hydrogens is 925 g/mol. The van der Waals surface area contributed by atoms with Crippen molar-refractivity contribution in [2.45, 2.75) is 51.3 Å². The van der Waals surface area contributed by atoms with E-state index in [0.29, 0.717) is 67.8 Å². The van der Waals surface area contributed by atoms with E-state index in [9.17, 15) is 35.8 Å². The number of fused-ring (bicyclic) bond motifs is 1. The van der Waals surface area contributed by atoms with Crippen molar-refractivity contribution in [2.75, 3.05) is 18.2 Å². The monoisotopic (exact) mass is 968 g/mol. The molecule has 0 saturated heterocycles. The van der Waals surface area contributed by atoms with E-state index >= 15 is 0 Å². The van der Waals surface area contributed by atoms with Crippen LogP contribution in [0.3, 0.4) is 0 Å². The van der Waals surface area contributed by atoms with Gasteiger partial charge in [0.1, 0.15) is 26.9 Å². The summed E-state index contributed by atoms with van der Waals surface area (Å²) in [4.78, 5) is 11.7. The number of hydrogen-bond acceptors (Lipinski definition) is 16. The van der Waals surface area contributed by atoms with Crippen molar-refractivity contribution < 1.29 is 40.6 Å². The maximum atomic E-state index is 12.8. The third kappa shape index (κ3) is 11.2. The standard InChI is InChI=1S/C48H44N10O9S2/c1-25-17-39(26(2)16-38(25)52-51-37-15-13-35(67-7)24-44(37)68(61,62)63)53-54-40-18-28(4)41(19-27(40)3)55-56-42-20-30(6)43(21-29(42)5)57-58-46-45(69(64,65)66)23-32-22-34(12-14-36(32)47(46)59)50-48(60)31-8-10-33(49)11-9-31/h8-24,59H,49H2,1-7H3,(H,50,60)(H,61,62,63)(H,64,65,66). The first kappa shape index (κ1) is 48.8. The van der Waals surface area contributed by atoms with E-state index in [1.54, 1.807) is 69.3 Å². The van der Waals surface area contributed by atoms with Gasteiger partial charge in [-0.15, -0.1) is 10.2 Å². The predicted molar refractivity (Wildman–Crippen MR) is 261 cm³/mol. The second-order valence-electron chi connectivity index (χ2n) is 15.9. The number of carbonyl (C=O) groups excluding carboxylic acids is 1. The van der Waals surface area contributed by atoms with Gasteiger partial charge < -0.3 is 20.9 Å². The maximum absolute atomic E-state index is 12.8. The highest BCUT2D eigenvalue weighted by atomic mass is 32.2. The molecule has 0 bridgehead atoms. The number of aryl methyl sites for hydroxylation is 6. The number of phenolic OH excluding ortho intramolecular Hbond substituents is 1. The third-order valence-corrected chi connectivity index (χ3v) is 12.6. The Morgan fingerprint density at radius 3 is 1.36 bits per heavy atom. The number of nitrogens with zero attached hydrogens (tertiary/aromatic N) is 8. The molecule has 0 aliphatic rings. The minimum atomic E-state index is -4.92. The third-order valence-electron chi connectivity index (χ3n) is 10.8. The van der Waals surface area contributed by atoms with Crippen molar-refractivity contribution >= 4 is 93.8 Å². The molecule has 0 atom stereocenters. The molecule has 7 aromatic carbocycles. The molecule has 352 valence electrons. The second-order valence-corrected chi connectivity index (χ2v) is 18.7. The van der Waals surface area contributed by atoms with E-state index in [1.165, 1.54) is 37.4 Å². The van der Waals surface area contributed by atoms with Gasteiger partial charge in [-0.1, -0.05) is 0 Å². The summed E-state index contributed by atoms with van der Waals surface area (Å²) >= 11 is 0. The first-order valence-corrected chi connectivity index (χ1v) is 23.6. The number of azo groups is 4. The number of nitrogens with one attached hydrogen (secondary N) is 1. The molecule has 0 radical (unpaired) electrons. The minimum absolute atomic E-state index is 0.0602. The summed E-state index contributed by atoms with van der Waals surface area (Å²) in [5, 5.41) is 49.0. The maximum Gasteiger partial charge on any atom is 0.296 e. The number of hydrogen-bond donors (Lipinski definition) is 5. The SMILES string of the molecule is COc1ccc(N=Nc2cc(C)c(N=Nc3cc(C)c(N=Nc4cc(C)c(N=Nc5c(S(=O)(=O)O)cc6cc(NC(=O)c7ccc(N)cc7)ccc6c5O)cc4C)cc3C)cc2C)c(S(=O)(=O)O)c1. The van der Waals surface area contributed by atoms with Gasteiger partial charge in [0, 0.05) is 28.4 Å². The lowest BCUT2D eigenvalue weighted by molar-refractivity contribution is 0.102. The quantitative estimate of drug-likeness (QED) is 0.0413. The van der Waals surface area contributed by atoms with Crippen molar-refractivity contribution in [2.24, 2.45) is 40.9 Å². The molecule has 0 aliphatic carbocycles. The van der Waals surface area contributed by atoms with Crippen LogP contribution in [0.4, 0.5) is 56.9 Å². The lowest BCUT2D eigenvalue weighted by Gasteiger charge is -2.11. The number of aromatic hydroxyl groups is 1. The second kappa shape index (κ2) is 19.6. The predicted octanol–water partition coefficient (Wildman–Crippen LogP) is 13.4. The Morgan fingerprint density at radius 1 is 0.522 bits per heavy atom. The Hall–Kier alpha value is -8.11. The van der Waals surface area contributed by atoms with Crippen LogP contribution in [0, 0.1) is 41.5 Å². The molecule has 0 saturated carbocycles. The Labute approximate surface area is 396 Å². The molecule has 21 heteroatoms. The average molecular weight is 969 g/mol. The van der Waals surface area contributed by atoms with Crippen LogP contribution in [-0.2, 0) is 20.2 Å². The molecule has 0 heterocycles. The van der Waals surface area contributed by atoms with Crippen molar-refractivity contribution in [3.63, 3.8) is 0 Å². The summed E-state index contributed by atoms with van der Waals surface area (Å²) in [6, 6.07) is 26.5. The number of rotatable bonds is 13. The Bertz CT molecular complexity index is 3580. The summed E-state index contributed by atoms with van der Waals surface area (Å²) in [6.45, 7) is 10.9. The first-order chi connectivity index (χ1) is 32.6. The molecule has 0 aliphatic heterocycles. The van der Waals surface area contributed by atoms with E-state index in [1.807, 2.05) is 32.9 Å². The number of methoxy groups -OCH3 is 1. The van der Waals surface area contributed by atoms with Crippen LogP contribution in [0.1, 0.15) is 43.7 Å². The highest BCUT2D eigenvalue weighted by Gasteiger charge is 2.23. The Balaban J connectivity index is 1.07. The van der Waals surface area contributed by atoms with Gasteiger partial charge in [-0.25, -0.2) is 0 Å². The lowest BCUT2D eigenvalue weighted by atomic mass is 10.1. The zero-order valence-corrected chi connectivity index (χ0v) is 39.7. The van der Waals surface area contributed by atoms with Crippen LogP contribution >= 0.6 is 0 Å². The van der Waals surface area contributed by atoms with Gasteiger partial charge in [0.05, 0.1) is 41.2 Å². The molecule has 0 unspecified atom stereocenters. The molecule has 69 heavy (non-hydrogen) atoms. The topological polar surface area (TPSA) is 292 Å². The number of amides is 1. The normalized spacial score (nSPS) is 12.3. The van der Waals surface area contributed by atoms with Crippen molar-refractivity contribution in [1.82, 2.24) is 0 Å². The van der Waals surface area contributed by atoms with Crippen LogP contribution in [-0.4, -0.2) is 44.1 Å². The van der Waals surface area contributed by atoms with Crippen LogP contribution in [0.15, 0.2) is 154 Å². The fourth-order valence-corrected chi connectivity index (χ4v) is 8.20. The van der Waals surface area contributed by atoms with E-state index in [0.717, 1.165) is 28.8 Å². The van der Waals surface area contributed by atoms with Crippen LogP contribution < -0.4 is 15.8 Å². The number of nitrogens with two attached hydrogens (primary N) is 1. The van der Waals surface area contributed by atoms with Crippen molar-refractivity contribution in [3.05, 3.63) is 142 Å². The largest absolute Gasteiger partial charge is 0.505 e. The fourth-order valence-electron chi connectivity index (χ4n) is 6.90. The van der Waals surface area contributed by atoms with E-state index in [2.05, 4.69) is 46.2 Å². The van der Waals surface area contributed by atoms with Gasteiger partial charge in [0.15, 0.2) is 5.75 Å². The number of ether oxygens (including phenoxy) is 1. The minimum Gasteiger partial charge on any atom is -0.505 e. The molecule has 7 rings (SSSR count). The van der Waals surface area contributed by atoms with Gasteiger partial charge in [-0.05, 0) is 177 Å². The molecule has 6 N–H and O–H groups in total. The van der Waals surface area contributed by atoms with Crippen molar-refractivity contribution in [3.8, 4) is 11.5 Å². The molecule has 1 amide bonds. The molecule has 7 aromatic rings. The van der Waals surface area contributed by atoms with E-state index in [-0.39, 0.29) is 22.2 Å². The zero-order valence-electron chi connectivity index (χ0n) is 38.1. The molecule has 0 fully saturated rings. The van der Waals surface area contributed by atoms with Crippen LogP contribution in [0.2, 0.25) is 0 Å². The van der Waals surface area contributed by atoms with E-state index < -0.39 is 47.4 Å². The smallest absolute Gasteiger partial charge is 0.296 e. The number of anilines is 2. The van der Waals surface area contributed by atoms with Crippen LogP contribution in [0.5, 0.6) is 11.5 Å².